The average Bonchev–Trinajstić information content (AvgIpc) is 2.96. The van der Waals surface area contributed by atoms with E-state index >= 15 is 0 Å². The number of benzene rings is 1. The quantitative estimate of drug-likeness (QED) is 0.573. The summed E-state index contributed by atoms with van der Waals surface area (Å²) < 4.78 is 0.561. The summed E-state index contributed by atoms with van der Waals surface area (Å²) in [4.78, 5) is 20.2. The van der Waals surface area contributed by atoms with Gasteiger partial charge < -0.3 is 15.5 Å². The van der Waals surface area contributed by atoms with E-state index < -0.39 is 5.91 Å². The largest absolute Gasteiger partial charge is 0.618 e. The fourth-order valence-electron chi connectivity index (χ4n) is 2.49. The van der Waals surface area contributed by atoms with Crippen molar-refractivity contribution < 1.29 is 9.52 Å². The minimum absolute atomic E-state index is 0.0641. The van der Waals surface area contributed by atoms with Gasteiger partial charge >= 0.3 is 5.91 Å². The minimum atomic E-state index is -0.417. The van der Waals surface area contributed by atoms with Gasteiger partial charge in [0.25, 0.3) is 5.69 Å². The van der Waals surface area contributed by atoms with Crippen molar-refractivity contribution in [2.75, 3.05) is 0 Å². The van der Waals surface area contributed by atoms with Gasteiger partial charge in [0.1, 0.15) is 5.82 Å². The van der Waals surface area contributed by atoms with E-state index in [1.165, 1.54) is 12.3 Å². The van der Waals surface area contributed by atoms with Crippen LogP contribution in [0.15, 0.2) is 48.7 Å². The maximum absolute atomic E-state index is 12.4. The highest BCUT2D eigenvalue weighted by Crippen LogP contribution is 2.22. The lowest BCUT2D eigenvalue weighted by atomic mass is 10.0. The fraction of sp³-hybridized carbons (Fsp3) is 0.235. The zero-order valence-corrected chi connectivity index (χ0v) is 13.0. The molecule has 2 aromatic heterocycles. The number of hydrogen-bond donors (Lipinski definition) is 2. The highest BCUT2D eigenvalue weighted by Gasteiger charge is 2.25. The predicted molar refractivity (Wildman–Crippen MR) is 86.5 cm³/mol. The number of carbonyl (C=O) groups excluding carboxylic acids is 1. The van der Waals surface area contributed by atoms with Crippen LogP contribution >= 0.6 is 0 Å². The highest BCUT2D eigenvalue weighted by molar-refractivity contribution is 5.91. The number of nitrogens with one attached hydrogen (secondary N) is 2. The van der Waals surface area contributed by atoms with Crippen molar-refractivity contribution in [1.29, 1.82) is 0 Å². The first-order valence-electron chi connectivity index (χ1n) is 7.50. The third kappa shape index (κ3) is 3.01. The number of H-pyrrole nitrogens is 1. The number of pyridine rings is 1. The molecule has 0 fully saturated rings. The molecule has 0 saturated carbocycles. The van der Waals surface area contributed by atoms with Crippen molar-refractivity contribution in [3.63, 3.8) is 0 Å². The van der Waals surface area contributed by atoms with Crippen LogP contribution in [0.1, 0.15) is 36.2 Å². The molecule has 0 spiro atoms. The second-order valence-corrected chi connectivity index (χ2v) is 5.75. The number of hydrogen-bond acceptors (Lipinski definition) is 3. The Labute approximate surface area is 133 Å². The maximum Gasteiger partial charge on any atom is 0.318 e. The van der Waals surface area contributed by atoms with Crippen LogP contribution in [0.2, 0.25) is 0 Å². The van der Waals surface area contributed by atoms with Gasteiger partial charge in [-0.2, -0.15) is 4.73 Å². The van der Waals surface area contributed by atoms with E-state index in [1.807, 2.05) is 38.1 Å². The van der Waals surface area contributed by atoms with Crippen molar-refractivity contribution in [1.82, 2.24) is 15.3 Å². The van der Waals surface area contributed by atoms with E-state index in [4.69, 9.17) is 0 Å². The predicted octanol–water partition coefficient (Wildman–Crippen LogP) is 2.32. The molecule has 0 aliphatic heterocycles. The molecule has 0 saturated heterocycles. The smallest absolute Gasteiger partial charge is 0.318 e. The van der Waals surface area contributed by atoms with Crippen molar-refractivity contribution >= 4 is 16.9 Å². The van der Waals surface area contributed by atoms with E-state index in [0.29, 0.717) is 10.6 Å². The lowest BCUT2D eigenvalue weighted by Crippen LogP contribution is -2.41. The third-order valence-corrected chi connectivity index (χ3v) is 3.71. The Morgan fingerprint density at radius 2 is 1.96 bits per heavy atom. The van der Waals surface area contributed by atoms with Gasteiger partial charge in [0, 0.05) is 12.1 Å². The van der Waals surface area contributed by atoms with Crippen LogP contribution in [0, 0.1) is 11.1 Å². The molecule has 0 aliphatic carbocycles. The molecule has 0 radical (unpaired) electrons. The molecule has 23 heavy (non-hydrogen) atoms. The molecule has 1 unspecified atom stereocenters. The zero-order chi connectivity index (χ0) is 16.4. The van der Waals surface area contributed by atoms with Gasteiger partial charge in [-0.05, 0) is 24.1 Å². The van der Waals surface area contributed by atoms with Crippen LogP contribution in [0.25, 0.3) is 11.0 Å². The first-order chi connectivity index (χ1) is 11.1. The Kier molecular flexibility index (Phi) is 3.97. The van der Waals surface area contributed by atoms with Crippen LogP contribution in [0.3, 0.4) is 0 Å². The SMILES string of the molecule is CC(C)C(NC(=O)c1cccc[n+]1[O-])c1nc2ccccc2[nH]1. The lowest BCUT2D eigenvalue weighted by molar-refractivity contribution is -0.607. The molecule has 2 heterocycles. The van der Waals surface area contributed by atoms with Crippen LogP contribution < -0.4 is 10.0 Å². The molecule has 0 bridgehead atoms. The molecule has 1 atom stereocenters. The van der Waals surface area contributed by atoms with E-state index in [9.17, 15) is 10.0 Å². The molecule has 1 aromatic carbocycles. The third-order valence-electron chi connectivity index (χ3n) is 3.71. The van der Waals surface area contributed by atoms with Gasteiger partial charge in [0.05, 0.1) is 17.1 Å². The van der Waals surface area contributed by atoms with Crippen molar-refractivity contribution in [3.8, 4) is 0 Å². The lowest BCUT2D eigenvalue weighted by Gasteiger charge is -2.19. The molecule has 2 N–H and O–H groups in total. The van der Waals surface area contributed by atoms with Crippen molar-refractivity contribution in [3.05, 3.63) is 65.4 Å². The molecule has 3 aromatic rings. The van der Waals surface area contributed by atoms with E-state index in [-0.39, 0.29) is 17.7 Å². The molecule has 0 aliphatic rings. The van der Waals surface area contributed by atoms with Gasteiger partial charge in [0.15, 0.2) is 6.20 Å². The van der Waals surface area contributed by atoms with Crippen molar-refractivity contribution in [2.45, 2.75) is 19.9 Å². The topological polar surface area (TPSA) is 84.7 Å². The van der Waals surface area contributed by atoms with Crippen LogP contribution in [-0.2, 0) is 0 Å². The maximum atomic E-state index is 12.4. The van der Waals surface area contributed by atoms with Gasteiger partial charge in [-0.25, -0.2) is 4.98 Å². The van der Waals surface area contributed by atoms with Gasteiger partial charge in [0.2, 0.25) is 0 Å². The fourth-order valence-corrected chi connectivity index (χ4v) is 2.49. The molecular weight excluding hydrogens is 292 g/mol. The number of amides is 1. The number of nitrogens with zero attached hydrogens (tertiary/aromatic N) is 2. The molecule has 3 rings (SSSR count). The standard InChI is InChI=1S/C17H18N4O2/c1-11(2)15(16-18-12-7-3-4-8-13(12)19-16)20-17(22)14-9-5-6-10-21(14)23/h3-11,15H,1-2H3,(H,18,19)(H,20,22). The Morgan fingerprint density at radius 3 is 2.65 bits per heavy atom. The first-order valence-corrected chi connectivity index (χ1v) is 7.50. The van der Waals surface area contributed by atoms with Crippen LogP contribution in [-0.4, -0.2) is 15.9 Å². The molecule has 118 valence electrons. The summed E-state index contributed by atoms with van der Waals surface area (Å²) >= 11 is 0. The molecule has 6 heteroatoms. The summed E-state index contributed by atoms with van der Waals surface area (Å²) in [5.74, 6) is 0.381. The summed E-state index contributed by atoms with van der Waals surface area (Å²) in [6.45, 7) is 3.99. The van der Waals surface area contributed by atoms with Gasteiger partial charge in [-0.3, -0.25) is 4.79 Å². The van der Waals surface area contributed by atoms with E-state index in [0.717, 1.165) is 11.0 Å². The average molecular weight is 310 g/mol. The normalized spacial score (nSPS) is 12.5. The Balaban J connectivity index is 1.90. The minimum Gasteiger partial charge on any atom is -0.618 e. The van der Waals surface area contributed by atoms with Crippen molar-refractivity contribution in [2.24, 2.45) is 5.92 Å². The number of fused-ring (bicyclic) bond motifs is 1. The Morgan fingerprint density at radius 1 is 1.22 bits per heavy atom. The molecule has 1 amide bonds. The number of rotatable bonds is 4. The zero-order valence-electron chi connectivity index (χ0n) is 13.0. The van der Waals surface area contributed by atoms with Crippen LogP contribution in [0.4, 0.5) is 0 Å². The first kappa shape index (κ1) is 15.0. The van der Waals surface area contributed by atoms with Crippen LogP contribution in [0.5, 0.6) is 0 Å². The summed E-state index contributed by atoms with van der Waals surface area (Å²) in [5, 5.41) is 14.6. The monoisotopic (exact) mass is 310 g/mol. The number of carbonyl (C=O) groups is 1. The van der Waals surface area contributed by atoms with Gasteiger partial charge in [-0.1, -0.05) is 26.0 Å². The number of aromatic nitrogens is 3. The second-order valence-electron chi connectivity index (χ2n) is 5.75. The summed E-state index contributed by atoms with van der Waals surface area (Å²) in [6, 6.07) is 12.1. The molecule has 6 nitrogen and oxygen atoms in total. The summed E-state index contributed by atoms with van der Waals surface area (Å²) in [5.41, 5.74) is 1.83. The summed E-state index contributed by atoms with van der Waals surface area (Å²) in [7, 11) is 0. The number of imidazole rings is 1. The summed E-state index contributed by atoms with van der Waals surface area (Å²) in [6.07, 6.45) is 1.31. The molecular formula is C17H18N4O2. The Bertz CT molecular complexity index is 808. The highest BCUT2D eigenvalue weighted by atomic mass is 16.5. The number of para-hydroxylation sites is 2. The van der Waals surface area contributed by atoms with E-state index in [1.54, 1.807) is 12.1 Å². The van der Waals surface area contributed by atoms with E-state index in [2.05, 4.69) is 15.3 Å². The Hall–Kier alpha value is -2.89. The van der Waals surface area contributed by atoms with Gasteiger partial charge in [-0.15, -0.1) is 0 Å². The second kappa shape index (κ2) is 6.08. The number of aromatic amines is 1.